The Hall–Kier alpha value is -1.62. The molecule has 5 heteroatoms. The van der Waals surface area contributed by atoms with Crippen molar-refractivity contribution in [2.45, 2.75) is 6.04 Å². The molecule has 1 aromatic rings. The number of ether oxygens (including phenoxy) is 1. The second kappa shape index (κ2) is 4.49. The highest BCUT2D eigenvalue weighted by atomic mass is 16.5. The van der Waals surface area contributed by atoms with Crippen LogP contribution in [0.1, 0.15) is 10.4 Å². The predicted octanol–water partition coefficient (Wildman–Crippen LogP) is 0.276. The molecule has 1 aromatic heterocycles. The monoisotopic (exact) mass is 221 g/mol. The van der Waals surface area contributed by atoms with Gasteiger partial charge in [-0.1, -0.05) is 0 Å². The highest BCUT2D eigenvalue weighted by molar-refractivity contribution is 5.94. The van der Waals surface area contributed by atoms with Crippen molar-refractivity contribution < 1.29 is 9.53 Å². The van der Waals surface area contributed by atoms with Crippen molar-refractivity contribution in [2.75, 3.05) is 32.1 Å². The quantitative estimate of drug-likeness (QED) is 0.743. The molecule has 1 N–H and O–H groups in total. The average Bonchev–Trinajstić information content (AvgIpc) is 2.25. The molecule has 1 saturated heterocycles. The number of likely N-dealkylation sites (N-methyl/N-ethyl adjacent to an activating group) is 1. The summed E-state index contributed by atoms with van der Waals surface area (Å²) in [5.74, 6) is 0.336. The summed E-state index contributed by atoms with van der Waals surface area (Å²) < 4.78 is 4.74. The Labute approximate surface area is 94.4 Å². The summed E-state index contributed by atoms with van der Waals surface area (Å²) in [5.41, 5.74) is 0.513. The van der Waals surface area contributed by atoms with Crippen LogP contribution in [0.3, 0.4) is 0 Å². The van der Waals surface area contributed by atoms with Gasteiger partial charge in [0, 0.05) is 26.3 Å². The van der Waals surface area contributed by atoms with E-state index in [2.05, 4.69) is 10.3 Å². The molecular formula is C11H15N3O2. The SMILES string of the molecule is COC(=O)c1cccnc1N(C)C1CNC1. The van der Waals surface area contributed by atoms with Gasteiger partial charge in [-0.05, 0) is 12.1 Å². The molecule has 0 bridgehead atoms. The van der Waals surface area contributed by atoms with E-state index in [1.807, 2.05) is 11.9 Å². The molecule has 1 aliphatic heterocycles. The summed E-state index contributed by atoms with van der Waals surface area (Å²) >= 11 is 0. The van der Waals surface area contributed by atoms with Crippen LogP contribution in [0.5, 0.6) is 0 Å². The Kier molecular flexibility index (Phi) is 3.05. The molecular weight excluding hydrogens is 206 g/mol. The van der Waals surface area contributed by atoms with E-state index in [-0.39, 0.29) is 5.97 Å². The van der Waals surface area contributed by atoms with Crippen LogP contribution in [-0.4, -0.2) is 44.2 Å². The van der Waals surface area contributed by atoms with Gasteiger partial charge < -0.3 is 15.0 Å². The average molecular weight is 221 g/mol. The van der Waals surface area contributed by atoms with E-state index in [0.717, 1.165) is 13.1 Å². The van der Waals surface area contributed by atoms with E-state index in [1.54, 1.807) is 18.3 Å². The van der Waals surface area contributed by atoms with Crippen LogP contribution < -0.4 is 10.2 Å². The van der Waals surface area contributed by atoms with Crippen molar-refractivity contribution >= 4 is 11.8 Å². The van der Waals surface area contributed by atoms with E-state index in [9.17, 15) is 4.79 Å². The maximum absolute atomic E-state index is 11.6. The lowest BCUT2D eigenvalue weighted by Crippen LogP contribution is -2.56. The maximum atomic E-state index is 11.6. The van der Waals surface area contributed by atoms with Crippen LogP contribution in [0.15, 0.2) is 18.3 Å². The van der Waals surface area contributed by atoms with Crippen molar-refractivity contribution in [2.24, 2.45) is 0 Å². The fourth-order valence-corrected chi connectivity index (χ4v) is 1.67. The molecule has 0 radical (unpaired) electrons. The molecule has 0 aromatic carbocycles. The molecule has 1 aliphatic rings. The highest BCUT2D eigenvalue weighted by Gasteiger charge is 2.25. The zero-order valence-corrected chi connectivity index (χ0v) is 9.43. The van der Waals surface area contributed by atoms with Gasteiger partial charge in [-0.2, -0.15) is 0 Å². The second-order valence-corrected chi connectivity index (χ2v) is 3.79. The van der Waals surface area contributed by atoms with Crippen molar-refractivity contribution in [1.29, 1.82) is 0 Å². The first-order valence-corrected chi connectivity index (χ1v) is 5.21. The minimum Gasteiger partial charge on any atom is -0.465 e. The lowest BCUT2D eigenvalue weighted by atomic mass is 10.1. The molecule has 2 heterocycles. The Morgan fingerprint density at radius 2 is 2.38 bits per heavy atom. The predicted molar refractivity (Wildman–Crippen MR) is 60.6 cm³/mol. The Balaban J connectivity index is 2.27. The molecule has 0 saturated carbocycles. The summed E-state index contributed by atoms with van der Waals surface area (Å²) in [6.07, 6.45) is 1.68. The first-order valence-electron chi connectivity index (χ1n) is 5.21. The molecule has 86 valence electrons. The van der Waals surface area contributed by atoms with E-state index in [0.29, 0.717) is 17.4 Å². The van der Waals surface area contributed by atoms with Gasteiger partial charge in [-0.3, -0.25) is 0 Å². The lowest BCUT2D eigenvalue weighted by Gasteiger charge is -2.36. The number of carbonyl (C=O) groups is 1. The number of pyridine rings is 1. The molecule has 0 spiro atoms. The molecule has 0 amide bonds. The van der Waals surface area contributed by atoms with Gasteiger partial charge in [0.15, 0.2) is 0 Å². The van der Waals surface area contributed by atoms with Crippen LogP contribution in [0, 0.1) is 0 Å². The van der Waals surface area contributed by atoms with Crippen molar-refractivity contribution in [3.63, 3.8) is 0 Å². The third-order valence-electron chi connectivity index (χ3n) is 2.83. The Bertz CT molecular complexity index is 391. The minimum absolute atomic E-state index is 0.345. The lowest BCUT2D eigenvalue weighted by molar-refractivity contribution is 0.0601. The number of hydrogen-bond acceptors (Lipinski definition) is 5. The number of nitrogens with zero attached hydrogens (tertiary/aromatic N) is 2. The zero-order chi connectivity index (χ0) is 11.5. The van der Waals surface area contributed by atoms with Gasteiger partial charge in [0.1, 0.15) is 11.4 Å². The maximum Gasteiger partial charge on any atom is 0.341 e. The summed E-state index contributed by atoms with van der Waals surface area (Å²) in [5, 5.41) is 3.19. The highest BCUT2D eigenvalue weighted by Crippen LogP contribution is 2.20. The minimum atomic E-state index is -0.345. The van der Waals surface area contributed by atoms with Gasteiger partial charge in [-0.15, -0.1) is 0 Å². The summed E-state index contributed by atoms with van der Waals surface area (Å²) in [6.45, 7) is 1.85. The summed E-state index contributed by atoms with van der Waals surface area (Å²) in [6, 6.07) is 3.87. The number of rotatable bonds is 3. The standard InChI is InChI=1S/C11H15N3O2/c1-14(8-6-12-7-8)10-9(11(15)16-2)4-3-5-13-10/h3-5,8,12H,6-7H2,1-2H3. The molecule has 1 fully saturated rings. The molecule has 0 atom stereocenters. The number of nitrogens with one attached hydrogen (secondary N) is 1. The van der Waals surface area contributed by atoms with E-state index < -0.39 is 0 Å². The summed E-state index contributed by atoms with van der Waals surface area (Å²) in [4.78, 5) is 17.8. The molecule has 0 aliphatic carbocycles. The Morgan fingerprint density at radius 1 is 1.62 bits per heavy atom. The van der Waals surface area contributed by atoms with Gasteiger partial charge in [0.05, 0.1) is 13.2 Å². The van der Waals surface area contributed by atoms with Crippen LogP contribution in [0.4, 0.5) is 5.82 Å². The number of methoxy groups -OCH3 is 1. The zero-order valence-electron chi connectivity index (χ0n) is 9.43. The first-order chi connectivity index (χ1) is 7.74. The van der Waals surface area contributed by atoms with Gasteiger partial charge in [0.25, 0.3) is 0 Å². The second-order valence-electron chi connectivity index (χ2n) is 3.79. The molecule has 0 unspecified atom stereocenters. The fraction of sp³-hybridized carbons (Fsp3) is 0.455. The van der Waals surface area contributed by atoms with Crippen molar-refractivity contribution in [3.05, 3.63) is 23.9 Å². The van der Waals surface area contributed by atoms with E-state index >= 15 is 0 Å². The third kappa shape index (κ3) is 1.86. The largest absolute Gasteiger partial charge is 0.465 e. The Morgan fingerprint density at radius 3 is 2.94 bits per heavy atom. The van der Waals surface area contributed by atoms with Gasteiger partial charge in [-0.25, -0.2) is 9.78 Å². The normalized spacial score (nSPS) is 15.4. The topological polar surface area (TPSA) is 54.5 Å². The van der Waals surface area contributed by atoms with Crippen LogP contribution in [0.25, 0.3) is 0 Å². The fourth-order valence-electron chi connectivity index (χ4n) is 1.67. The van der Waals surface area contributed by atoms with E-state index in [1.165, 1.54) is 7.11 Å². The van der Waals surface area contributed by atoms with Crippen molar-refractivity contribution in [1.82, 2.24) is 10.3 Å². The molecule has 16 heavy (non-hydrogen) atoms. The molecule has 2 rings (SSSR count). The third-order valence-corrected chi connectivity index (χ3v) is 2.83. The smallest absolute Gasteiger partial charge is 0.341 e. The van der Waals surface area contributed by atoms with Crippen LogP contribution in [-0.2, 0) is 4.74 Å². The van der Waals surface area contributed by atoms with E-state index in [4.69, 9.17) is 4.74 Å². The number of carbonyl (C=O) groups excluding carboxylic acids is 1. The summed E-state index contributed by atoms with van der Waals surface area (Å²) in [7, 11) is 3.32. The molecule has 5 nitrogen and oxygen atoms in total. The number of anilines is 1. The van der Waals surface area contributed by atoms with Gasteiger partial charge >= 0.3 is 5.97 Å². The van der Waals surface area contributed by atoms with Crippen LogP contribution >= 0.6 is 0 Å². The number of esters is 1. The first kappa shape index (κ1) is 10.9. The van der Waals surface area contributed by atoms with Gasteiger partial charge in [0.2, 0.25) is 0 Å². The number of hydrogen-bond donors (Lipinski definition) is 1. The number of aromatic nitrogens is 1. The van der Waals surface area contributed by atoms with Crippen molar-refractivity contribution in [3.8, 4) is 0 Å². The van der Waals surface area contributed by atoms with Crippen LogP contribution in [0.2, 0.25) is 0 Å².